The maximum atomic E-state index is 13.1. The van der Waals surface area contributed by atoms with Crippen LogP contribution in [0, 0.1) is 10.1 Å². The van der Waals surface area contributed by atoms with E-state index >= 15 is 0 Å². The minimum Gasteiger partial charge on any atom is -0.497 e. The van der Waals surface area contributed by atoms with Crippen molar-refractivity contribution in [1.82, 2.24) is 0 Å². The maximum absolute atomic E-state index is 13.1. The molecule has 0 saturated carbocycles. The summed E-state index contributed by atoms with van der Waals surface area (Å²) in [6.45, 7) is 0. The van der Waals surface area contributed by atoms with Crippen molar-refractivity contribution in [3.8, 4) is 5.75 Å². The Balaban J connectivity index is 2.00. The van der Waals surface area contributed by atoms with Gasteiger partial charge < -0.3 is 4.74 Å². The highest BCUT2D eigenvalue weighted by atomic mass is 16.6. The van der Waals surface area contributed by atoms with Gasteiger partial charge in [-0.15, -0.1) is 0 Å². The summed E-state index contributed by atoms with van der Waals surface area (Å²) >= 11 is 0. The number of imide groups is 1. The van der Waals surface area contributed by atoms with Crippen LogP contribution in [0.25, 0.3) is 0 Å². The van der Waals surface area contributed by atoms with Gasteiger partial charge in [0.1, 0.15) is 5.75 Å². The van der Waals surface area contributed by atoms with E-state index in [1.54, 1.807) is 54.6 Å². The number of para-hydroxylation sites is 1. The Hall–Kier alpha value is -4.00. The third-order valence-electron chi connectivity index (χ3n) is 4.08. The number of nitro benzene ring substituents is 1. The number of hydrogen-bond acceptors (Lipinski definition) is 5. The molecule has 0 aliphatic carbocycles. The lowest BCUT2D eigenvalue weighted by molar-refractivity contribution is -0.384. The van der Waals surface area contributed by atoms with E-state index in [9.17, 15) is 19.7 Å². The highest BCUT2D eigenvalue weighted by molar-refractivity contribution is 6.25. The number of carbonyl (C=O) groups excluding carboxylic acids is 2. The zero-order valence-electron chi connectivity index (χ0n) is 14.9. The largest absolute Gasteiger partial charge is 0.497 e. The Morgan fingerprint density at radius 2 is 1.32 bits per heavy atom. The Bertz CT molecular complexity index is 999. The summed E-state index contributed by atoms with van der Waals surface area (Å²) < 4.78 is 5.09. The van der Waals surface area contributed by atoms with Gasteiger partial charge in [0.2, 0.25) is 0 Å². The number of anilines is 1. The Kier molecular flexibility index (Phi) is 5.45. The lowest BCUT2D eigenvalue weighted by Gasteiger charge is -2.21. The number of hydrogen-bond donors (Lipinski definition) is 0. The Labute approximate surface area is 160 Å². The molecule has 0 bridgehead atoms. The molecule has 3 aromatic rings. The minimum atomic E-state index is -0.582. The Morgan fingerprint density at radius 3 is 1.79 bits per heavy atom. The van der Waals surface area contributed by atoms with Gasteiger partial charge in [-0.2, -0.15) is 0 Å². The summed E-state index contributed by atoms with van der Waals surface area (Å²) in [7, 11) is 1.52. The fourth-order valence-corrected chi connectivity index (χ4v) is 2.62. The number of nitro groups is 1. The van der Waals surface area contributed by atoms with Crippen molar-refractivity contribution in [3.05, 3.63) is 100 Å². The lowest BCUT2D eigenvalue weighted by atomic mass is 10.1. The number of amides is 2. The van der Waals surface area contributed by atoms with Crippen molar-refractivity contribution in [2.45, 2.75) is 0 Å². The predicted molar refractivity (Wildman–Crippen MR) is 104 cm³/mol. The van der Waals surface area contributed by atoms with E-state index in [1.807, 2.05) is 0 Å². The molecule has 0 radical (unpaired) electrons. The molecule has 0 aliphatic rings. The van der Waals surface area contributed by atoms with Crippen molar-refractivity contribution in [2.24, 2.45) is 0 Å². The van der Waals surface area contributed by atoms with E-state index in [0.717, 1.165) is 4.90 Å². The van der Waals surface area contributed by atoms with Gasteiger partial charge in [-0.1, -0.05) is 18.2 Å². The molecule has 3 aromatic carbocycles. The first-order valence-corrected chi connectivity index (χ1v) is 8.33. The number of methoxy groups -OCH3 is 1. The van der Waals surface area contributed by atoms with Crippen molar-refractivity contribution in [1.29, 1.82) is 0 Å². The van der Waals surface area contributed by atoms with Crippen LogP contribution in [0.5, 0.6) is 5.75 Å². The van der Waals surface area contributed by atoms with Crippen LogP contribution in [0.15, 0.2) is 78.9 Å². The molecule has 0 N–H and O–H groups in total. The van der Waals surface area contributed by atoms with Crippen LogP contribution >= 0.6 is 0 Å². The molecular formula is C21H16N2O5. The van der Waals surface area contributed by atoms with E-state index in [-0.39, 0.29) is 11.3 Å². The molecule has 28 heavy (non-hydrogen) atoms. The van der Waals surface area contributed by atoms with E-state index in [0.29, 0.717) is 17.0 Å². The number of ether oxygens (including phenoxy) is 1. The van der Waals surface area contributed by atoms with Crippen LogP contribution < -0.4 is 9.64 Å². The quantitative estimate of drug-likeness (QED) is 0.380. The molecule has 7 heteroatoms. The second kappa shape index (κ2) is 8.13. The van der Waals surface area contributed by atoms with Crippen LogP contribution in [-0.2, 0) is 0 Å². The average molecular weight is 376 g/mol. The lowest BCUT2D eigenvalue weighted by Crippen LogP contribution is -2.37. The molecule has 0 saturated heterocycles. The summed E-state index contributed by atoms with van der Waals surface area (Å²) in [4.78, 5) is 37.5. The smallest absolute Gasteiger partial charge is 0.269 e. The molecule has 3 rings (SSSR count). The van der Waals surface area contributed by atoms with Crippen LogP contribution in [0.3, 0.4) is 0 Å². The molecule has 0 unspecified atom stereocenters. The van der Waals surface area contributed by atoms with Crippen LogP contribution in [-0.4, -0.2) is 23.8 Å². The average Bonchev–Trinajstić information content (AvgIpc) is 2.74. The SMILES string of the molecule is COc1ccc(C(=O)N(C(=O)c2ccc([N+](=O)[O-])cc2)c2ccccc2)cc1. The van der Waals surface area contributed by atoms with Crippen molar-refractivity contribution in [3.63, 3.8) is 0 Å². The maximum Gasteiger partial charge on any atom is 0.269 e. The van der Waals surface area contributed by atoms with Gasteiger partial charge in [0.15, 0.2) is 0 Å². The first-order valence-electron chi connectivity index (χ1n) is 8.33. The topological polar surface area (TPSA) is 89.8 Å². The summed E-state index contributed by atoms with van der Waals surface area (Å²) in [6.07, 6.45) is 0. The second-order valence-corrected chi connectivity index (χ2v) is 5.81. The highest BCUT2D eigenvalue weighted by Crippen LogP contribution is 2.22. The van der Waals surface area contributed by atoms with Crippen molar-refractivity contribution >= 4 is 23.2 Å². The van der Waals surface area contributed by atoms with E-state index in [2.05, 4.69) is 0 Å². The second-order valence-electron chi connectivity index (χ2n) is 5.81. The molecule has 140 valence electrons. The number of non-ortho nitro benzene ring substituents is 1. The first kappa shape index (κ1) is 18.8. The molecule has 0 fully saturated rings. The fourth-order valence-electron chi connectivity index (χ4n) is 2.62. The highest BCUT2D eigenvalue weighted by Gasteiger charge is 2.26. The zero-order chi connectivity index (χ0) is 20.1. The number of benzene rings is 3. The van der Waals surface area contributed by atoms with Gasteiger partial charge in [-0.05, 0) is 48.5 Å². The van der Waals surface area contributed by atoms with Gasteiger partial charge in [0.05, 0.1) is 17.7 Å². The third-order valence-corrected chi connectivity index (χ3v) is 4.08. The Morgan fingerprint density at radius 1 is 0.821 bits per heavy atom. The normalized spacial score (nSPS) is 10.2. The molecule has 0 atom stereocenters. The van der Waals surface area contributed by atoms with Gasteiger partial charge in [0.25, 0.3) is 17.5 Å². The molecule has 0 heterocycles. The van der Waals surface area contributed by atoms with Gasteiger partial charge >= 0.3 is 0 Å². The molecule has 7 nitrogen and oxygen atoms in total. The first-order chi connectivity index (χ1) is 13.5. The summed E-state index contributed by atoms with van der Waals surface area (Å²) in [6, 6.07) is 20.0. The summed E-state index contributed by atoms with van der Waals surface area (Å²) in [5.41, 5.74) is 0.729. The fraction of sp³-hybridized carbons (Fsp3) is 0.0476. The minimum absolute atomic E-state index is 0.135. The van der Waals surface area contributed by atoms with Crippen LogP contribution in [0.1, 0.15) is 20.7 Å². The third kappa shape index (κ3) is 3.88. The van der Waals surface area contributed by atoms with Crippen molar-refractivity contribution in [2.75, 3.05) is 12.0 Å². The van der Waals surface area contributed by atoms with Gasteiger partial charge in [-0.3, -0.25) is 19.7 Å². The van der Waals surface area contributed by atoms with E-state index < -0.39 is 16.7 Å². The molecule has 2 amide bonds. The van der Waals surface area contributed by atoms with E-state index in [1.165, 1.54) is 31.4 Å². The summed E-state index contributed by atoms with van der Waals surface area (Å²) in [5.74, 6) is -0.511. The van der Waals surface area contributed by atoms with Gasteiger partial charge in [-0.25, -0.2) is 4.90 Å². The van der Waals surface area contributed by atoms with Gasteiger partial charge in [0, 0.05) is 23.3 Å². The van der Waals surface area contributed by atoms with Crippen LogP contribution in [0.2, 0.25) is 0 Å². The number of carbonyl (C=O) groups is 2. The molecule has 0 aliphatic heterocycles. The molecule has 0 aromatic heterocycles. The standard InChI is InChI=1S/C21H16N2O5/c1-28-19-13-9-16(10-14-19)21(25)22(17-5-3-2-4-6-17)20(24)15-7-11-18(12-8-15)23(26)27/h2-14H,1H3. The monoisotopic (exact) mass is 376 g/mol. The predicted octanol–water partition coefficient (Wildman–Crippen LogP) is 4.09. The van der Waals surface area contributed by atoms with E-state index in [4.69, 9.17) is 4.74 Å². The number of rotatable bonds is 5. The van der Waals surface area contributed by atoms with Crippen LogP contribution in [0.4, 0.5) is 11.4 Å². The zero-order valence-corrected chi connectivity index (χ0v) is 14.9. The molecule has 0 spiro atoms. The summed E-state index contributed by atoms with van der Waals surface area (Å²) in [5, 5.41) is 10.8. The number of nitrogens with zero attached hydrogens (tertiary/aromatic N) is 2. The molecular weight excluding hydrogens is 360 g/mol. The van der Waals surface area contributed by atoms with Crippen molar-refractivity contribution < 1.29 is 19.2 Å².